The number of amides is 1. The van der Waals surface area contributed by atoms with Gasteiger partial charge in [0.15, 0.2) is 0 Å². The van der Waals surface area contributed by atoms with Crippen molar-refractivity contribution in [2.24, 2.45) is 4.99 Å². The molecule has 0 atom stereocenters. The first kappa shape index (κ1) is 15.1. The molecule has 21 heavy (non-hydrogen) atoms. The topological polar surface area (TPSA) is 73.5 Å². The van der Waals surface area contributed by atoms with Crippen molar-refractivity contribution >= 4 is 23.2 Å². The molecule has 0 saturated carbocycles. The third kappa shape index (κ3) is 3.63. The molecule has 6 nitrogen and oxygen atoms in total. The molecule has 2 rings (SSSR count). The van der Waals surface area contributed by atoms with Gasteiger partial charge in [-0.15, -0.1) is 5.10 Å². The fourth-order valence-corrected chi connectivity index (χ4v) is 2.46. The number of carbonyl (C=O) groups excluding carboxylic acids is 2. The first-order valence-electron chi connectivity index (χ1n) is 6.41. The van der Waals surface area contributed by atoms with Crippen molar-refractivity contribution in [3.05, 3.63) is 39.6 Å². The Hall–Kier alpha value is -2.28. The standard InChI is InChI=1S/C14H15N3O3S/c1-4-20-13(19)12-16-17(14(21-12)15-10(3)18)11-7-5-9(2)6-8-11/h5-8H,4H2,1-3H3. The Bertz CT molecular complexity index is 729. The number of rotatable bonds is 3. The van der Waals surface area contributed by atoms with E-state index in [1.54, 1.807) is 6.92 Å². The molecule has 2 aromatic rings. The van der Waals surface area contributed by atoms with Crippen LogP contribution in [0, 0.1) is 6.92 Å². The molecule has 0 saturated heterocycles. The summed E-state index contributed by atoms with van der Waals surface area (Å²) in [6.07, 6.45) is 0. The van der Waals surface area contributed by atoms with Gasteiger partial charge in [-0.25, -0.2) is 9.48 Å². The average molecular weight is 305 g/mol. The number of hydrogen-bond acceptors (Lipinski definition) is 5. The molecule has 0 aliphatic rings. The zero-order valence-corrected chi connectivity index (χ0v) is 12.8. The average Bonchev–Trinajstić information content (AvgIpc) is 2.83. The molecule has 0 fully saturated rings. The molecule has 1 aromatic carbocycles. The van der Waals surface area contributed by atoms with Crippen LogP contribution >= 0.6 is 11.3 Å². The van der Waals surface area contributed by atoms with Crippen molar-refractivity contribution in [3.63, 3.8) is 0 Å². The van der Waals surface area contributed by atoms with Gasteiger partial charge in [0.25, 0.3) is 0 Å². The van der Waals surface area contributed by atoms with Crippen LogP contribution in [0.3, 0.4) is 0 Å². The SMILES string of the molecule is CCOC(=O)c1nn(-c2ccc(C)cc2)c(=NC(C)=O)s1. The number of carbonyl (C=O) groups is 2. The maximum atomic E-state index is 11.8. The van der Waals surface area contributed by atoms with E-state index in [-0.39, 0.29) is 17.5 Å². The summed E-state index contributed by atoms with van der Waals surface area (Å²) in [5.74, 6) is -0.872. The molecule has 0 aliphatic heterocycles. The smallest absolute Gasteiger partial charge is 0.369 e. The van der Waals surface area contributed by atoms with Gasteiger partial charge in [0.2, 0.25) is 15.7 Å². The molecule has 110 valence electrons. The molecule has 0 bridgehead atoms. The van der Waals surface area contributed by atoms with Gasteiger partial charge >= 0.3 is 5.97 Å². The van der Waals surface area contributed by atoms with Crippen molar-refractivity contribution in [2.75, 3.05) is 6.61 Å². The maximum Gasteiger partial charge on any atom is 0.369 e. The van der Waals surface area contributed by atoms with E-state index in [1.807, 2.05) is 31.2 Å². The molecule has 0 N–H and O–H groups in total. The first-order chi connectivity index (χ1) is 10.0. The number of hydrogen-bond donors (Lipinski definition) is 0. The second kappa shape index (κ2) is 6.45. The minimum atomic E-state index is -0.520. The lowest BCUT2D eigenvalue weighted by molar-refractivity contribution is -0.116. The molecule has 0 radical (unpaired) electrons. The van der Waals surface area contributed by atoms with Gasteiger partial charge < -0.3 is 4.74 Å². The van der Waals surface area contributed by atoms with Crippen LogP contribution < -0.4 is 4.80 Å². The second-order valence-electron chi connectivity index (χ2n) is 4.29. The molecule has 1 heterocycles. The van der Waals surface area contributed by atoms with E-state index in [4.69, 9.17) is 4.74 Å². The highest BCUT2D eigenvalue weighted by Gasteiger charge is 2.15. The highest BCUT2D eigenvalue weighted by atomic mass is 32.1. The van der Waals surface area contributed by atoms with E-state index < -0.39 is 5.97 Å². The molecule has 0 spiro atoms. The lowest BCUT2D eigenvalue weighted by atomic mass is 10.2. The van der Waals surface area contributed by atoms with Gasteiger partial charge in [-0.3, -0.25) is 4.79 Å². The summed E-state index contributed by atoms with van der Waals surface area (Å²) >= 11 is 1.02. The summed E-state index contributed by atoms with van der Waals surface area (Å²) in [6.45, 7) is 5.31. The minimum Gasteiger partial charge on any atom is -0.461 e. The monoisotopic (exact) mass is 305 g/mol. The van der Waals surface area contributed by atoms with Crippen LogP contribution in [0.4, 0.5) is 0 Å². The van der Waals surface area contributed by atoms with Crippen molar-refractivity contribution < 1.29 is 14.3 Å². The highest BCUT2D eigenvalue weighted by Crippen LogP contribution is 2.10. The summed E-state index contributed by atoms with van der Waals surface area (Å²) in [5.41, 5.74) is 1.83. The van der Waals surface area contributed by atoms with Crippen molar-refractivity contribution in [3.8, 4) is 5.69 Å². The first-order valence-corrected chi connectivity index (χ1v) is 7.22. The lowest BCUT2D eigenvalue weighted by Crippen LogP contribution is -2.16. The fourth-order valence-electron chi connectivity index (χ4n) is 1.62. The van der Waals surface area contributed by atoms with Crippen molar-refractivity contribution in [1.82, 2.24) is 9.78 Å². The lowest BCUT2D eigenvalue weighted by Gasteiger charge is -2.01. The third-order valence-corrected chi connectivity index (χ3v) is 3.43. The van der Waals surface area contributed by atoms with Gasteiger partial charge in [-0.2, -0.15) is 4.99 Å². The Morgan fingerprint density at radius 2 is 2.00 bits per heavy atom. The Kier molecular flexibility index (Phi) is 4.64. The van der Waals surface area contributed by atoms with Crippen molar-refractivity contribution in [2.45, 2.75) is 20.8 Å². The van der Waals surface area contributed by atoms with E-state index in [2.05, 4.69) is 10.1 Å². The summed E-state index contributed by atoms with van der Waals surface area (Å²) in [4.78, 5) is 27.2. The minimum absolute atomic E-state index is 0.164. The van der Waals surface area contributed by atoms with Crippen LogP contribution in [0.2, 0.25) is 0 Å². The number of aryl methyl sites for hydroxylation is 1. The van der Waals surface area contributed by atoms with Crippen LogP contribution in [-0.2, 0) is 9.53 Å². The van der Waals surface area contributed by atoms with E-state index in [0.717, 1.165) is 22.6 Å². The van der Waals surface area contributed by atoms with Gasteiger partial charge in [-0.1, -0.05) is 29.0 Å². The van der Waals surface area contributed by atoms with Gasteiger partial charge in [0, 0.05) is 6.92 Å². The number of aromatic nitrogens is 2. The second-order valence-corrected chi connectivity index (χ2v) is 5.24. The van der Waals surface area contributed by atoms with E-state index in [0.29, 0.717) is 4.80 Å². The number of nitrogens with zero attached hydrogens (tertiary/aromatic N) is 3. The zero-order valence-electron chi connectivity index (χ0n) is 12.0. The summed E-state index contributed by atoms with van der Waals surface area (Å²) < 4.78 is 6.40. The highest BCUT2D eigenvalue weighted by molar-refractivity contribution is 7.10. The largest absolute Gasteiger partial charge is 0.461 e. The molecular formula is C14H15N3O3S. The van der Waals surface area contributed by atoms with Crippen LogP contribution in [0.25, 0.3) is 5.69 Å². The fraction of sp³-hybridized carbons (Fsp3) is 0.286. The maximum absolute atomic E-state index is 11.8. The Morgan fingerprint density at radius 3 is 2.57 bits per heavy atom. The number of esters is 1. The van der Waals surface area contributed by atoms with Crippen LogP contribution in [0.1, 0.15) is 29.2 Å². The summed E-state index contributed by atoms with van der Waals surface area (Å²) in [6, 6.07) is 7.54. The van der Waals surface area contributed by atoms with Crippen LogP contribution in [-0.4, -0.2) is 28.3 Å². The van der Waals surface area contributed by atoms with E-state index in [1.165, 1.54) is 11.6 Å². The molecule has 1 aromatic heterocycles. The van der Waals surface area contributed by atoms with Crippen LogP contribution in [0.15, 0.2) is 29.3 Å². The third-order valence-electron chi connectivity index (χ3n) is 2.54. The van der Waals surface area contributed by atoms with Crippen molar-refractivity contribution in [1.29, 1.82) is 0 Å². The van der Waals surface area contributed by atoms with Crippen LogP contribution in [0.5, 0.6) is 0 Å². The van der Waals surface area contributed by atoms with Gasteiger partial charge in [-0.05, 0) is 26.0 Å². The zero-order chi connectivity index (χ0) is 15.4. The Morgan fingerprint density at radius 1 is 1.33 bits per heavy atom. The number of benzene rings is 1. The van der Waals surface area contributed by atoms with E-state index in [9.17, 15) is 9.59 Å². The number of ether oxygens (including phenoxy) is 1. The molecule has 0 aliphatic carbocycles. The normalized spacial score (nSPS) is 11.5. The molecule has 1 amide bonds. The molecule has 7 heteroatoms. The van der Waals surface area contributed by atoms with E-state index >= 15 is 0 Å². The predicted octanol–water partition coefficient (Wildman–Crippen LogP) is 1.87. The summed E-state index contributed by atoms with van der Waals surface area (Å²) in [5, 5.41) is 4.36. The molecule has 0 unspecified atom stereocenters. The Labute approximate surface area is 125 Å². The quantitative estimate of drug-likeness (QED) is 0.811. The predicted molar refractivity (Wildman–Crippen MR) is 78.4 cm³/mol. The van der Waals surface area contributed by atoms with Gasteiger partial charge in [0.05, 0.1) is 12.3 Å². The Balaban J connectivity index is 2.55. The summed E-state index contributed by atoms with van der Waals surface area (Å²) in [7, 11) is 0. The molecular weight excluding hydrogens is 290 g/mol. The van der Waals surface area contributed by atoms with Gasteiger partial charge in [0.1, 0.15) is 0 Å².